The standard InChI is InChI=1S/C18H25N3O3S/c1-4-11-24-14-9-7-13(8-10-14)20-16(22)12-15-17(23)21(6-3)18(25-15)19-5-2/h7-10,15H,4-6,11-12H2,1-3H3,(H,20,22). The Balaban J connectivity index is 1.91. The van der Waals surface area contributed by atoms with E-state index in [4.69, 9.17) is 4.74 Å². The maximum atomic E-state index is 12.4. The molecule has 1 N–H and O–H groups in total. The Morgan fingerprint density at radius 3 is 2.60 bits per heavy atom. The molecule has 1 aliphatic rings. The fourth-order valence-corrected chi connectivity index (χ4v) is 3.69. The van der Waals surface area contributed by atoms with E-state index >= 15 is 0 Å². The molecule has 0 bridgehead atoms. The minimum absolute atomic E-state index is 0.0434. The second kappa shape index (κ2) is 9.46. The second-order valence-corrected chi connectivity index (χ2v) is 6.74. The van der Waals surface area contributed by atoms with Crippen molar-refractivity contribution in [3.05, 3.63) is 24.3 Å². The number of rotatable bonds is 8. The molecule has 1 unspecified atom stereocenters. The van der Waals surface area contributed by atoms with Crippen LogP contribution in [-0.2, 0) is 9.59 Å². The van der Waals surface area contributed by atoms with Crippen molar-refractivity contribution < 1.29 is 14.3 Å². The lowest BCUT2D eigenvalue weighted by molar-refractivity contribution is -0.128. The van der Waals surface area contributed by atoms with Crippen LogP contribution in [0, 0.1) is 0 Å². The summed E-state index contributed by atoms with van der Waals surface area (Å²) in [6.45, 7) is 7.75. The topological polar surface area (TPSA) is 71.0 Å². The molecule has 0 radical (unpaired) electrons. The van der Waals surface area contributed by atoms with Gasteiger partial charge in [-0.25, -0.2) is 0 Å². The third-order valence-electron chi connectivity index (χ3n) is 3.61. The number of hydrogen-bond acceptors (Lipinski definition) is 5. The lowest BCUT2D eigenvalue weighted by Crippen LogP contribution is -2.33. The Morgan fingerprint density at radius 2 is 2.00 bits per heavy atom. The van der Waals surface area contributed by atoms with Crippen molar-refractivity contribution >= 4 is 34.4 Å². The second-order valence-electron chi connectivity index (χ2n) is 5.57. The third kappa shape index (κ3) is 5.22. The third-order valence-corrected chi connectivity index (χ3v) is 4.82. The fraction of sp³-hybridized carbons (Fsp3) is 0.500. The van der Waals surface area contributed by atoms with Crippen molar-refractivity contribution in [1.82, 2.24) is 4.90 Å². The summed E-state index contributed by atoms with van der Waals surface area (Å²) in [6.07, 6.45) is 1.08. The van der Waals surface area contributed by atoms with Gasteiger partial charge >= 0.3 is 0 Å². The average molecular weight is 363 g/mol. The van der Waals surface area contributed by atoms with Crippen molar-refractivity contribution in [2.45, 2.75) is 38.9 Å². The Bertz CT molecular complexity index is 631. The lowest BCUT2D eigenvalue weighted by atomic mass is 10.2. The molecule has 1 saturated heterocycles. The Kier molecular flexibility index (Phi) is 7.31. The van der Waals surface area contributed by atoms with E-state index in [9.17, 15) is 9.59 Å². The van der Waals surface area contributed by atoms with Crippen molar-refractivity contribution in [3.8, 4) is 5.75 Å². The molecule has 2 amide bonds. The van der Waals surface area contributed by atoms with Gasteiger partial charge in [0.25, 0.3) is 0 Å². The number of ether oxygens (including phenoxy) is 1. The summed E-state index contributed by atoms with van der Waals surface area (Å²) in [5.41, 5.74) is 0.694. The molecule has 1 aromatic rings. The van der Waals surface area contributed by atoms with E-state index in [2.05, 4.69) is 10.3 Å². The van der Waals surface area contributed by atoms with E-state index in [-0.39, 0.29) is 18.2 Å². The molecular weight excluding hydrogens is 338 g/mol. The van der Waals surface area contributed by atoms with Crippen LogP contribution in [0.25, 0.3) is 0 Å². The Morgan fingerprint density at radius 1 is 1.28 bits per heavy atom. The highest BCUT2D eigenvalue weighted by Gasteiger charge is 2.37. The van der Waals surface area contributed by atoms with Crippen molar-refractivity contribution in [1.29, 1.82) is 0 Å². The summed E-state index contributed by atoms with van der Waals surface area (Å²) in [4.78, 5) is 30.6. The minimum atomic E-state index is -0.405. The van der Waals surface area contributed by atoms with Gasteiger partial charge in [0.05, 0.1) is 6.61 Å². The maximum Gasteiger partial charge on any atom is 0.242 e. The first-order chi connectivity index (χ1) is 12.1. The largest absolute Gasteiger partial charge is 0.494 e. The molecule has 0 aliphatic carbocycles. The first-order valence-corrected chi connectivity index (χ1v) is 9.52. The highest BCUT2D eigenvalue weighted by molar-refractivity contribution is 8.15. The van der Waals surface area contributed by atoms with Gasteiger partial charge in [-0.3, -0.25) is 19.5 Å². The molecule has 7 heteroatoms. The molecule has 1 aromatic carbocycles. The molecule has 136 valence electrons. The molecule has 0 spiro atoms. The zero-order chi connectivity index (χ0) is 18.2. The summed E-state index contributed by atoms with van der Waals surface area (Å²) < 4.78 is 5.52. The zero-order valence-electron chi connectivity index (χ0n) is 14.9. The molecule has 1 fully saturated rings. The van der Waals surface area contributed by atoms with Gasteiger partial charge < -0.3 is 10.1 Å². The number of carbonyl (C=O) groups is 2. The molecule has 25 heavy (non-hydrogen) atoms. The molecule has 0 saturated carbocycles. The summed E-state index contributed by atoms with van der Waals surface area (Å²) in [5.74, 6) is 0.556. The van der Waals surface area contributed by atoms with Crippen molar-refractivity contribution in [2.24, 2.45) is 4.99 Å². The van der Waals surface area contributed by atoms with E-state index < -0.39 is 5.25 Å². The van der Waals surface area contributed by atoms with E-state index in [0.717, 1.165) is 12.2 Å². The first-order valence-electron chi connectivity index (χ1n) is 8.64. The van der Waals surface area contributed by atoms with E-state index in [1.807, 2.05) is 32.9 Å². The predicted molar refractivity (Wildman–Crippen MR) is 102 cm³/mol. The Labute approximate surface area is 153 Å². The van der Waals surface area contributed by atoms with E-state index in [1.54, 1.807) is 17.0 Å². The monoisotopic (exact) mass is 363 g/mol. The van der Waals surface area contributed by atoms with Gasteiger partial charge in [-0.1, -0.05) is 18.7 Å². The van der Waals surface area contributed by atoms with Crippen LogP contribution in [0.3, 0.4) is 0 Å². The van der Waals surface area contributed by atoms with Gasteiger partial charge in [-0.05, 0) is 44.5 Å². The van der Waals surface area contributed by atoms with Crippen molar-refractivity contribution in [3.63, 3.8) is 0 Å². The zero-order valence-corrected chi connectivity index (χ0v) is 15.8. The van der Waals surface area contributed by atoms with Crippen LogP contribution >= 0.6 is 11.8 Å². The number of anilines is 1. The number of benzene rings is 1. The van der Waals surface area contributed by atoms with Gasteiger partial charge in [-0.2, -0.15) is 0 Å². The van der Waals surface area contributed by atoms with Crippen LogP contribution in [0.15, 0.2) is 29.3 Å². The number of aliphatic imine (C=N–C) groups is 1. The molecular formula is C18H25N3O3S. The molecule has 2 rings (SSSR count). The number of thioether (sulfide) groups is 1. The lowest BCUT2D eigenvalue weighted by Gasteiger charge is -2.13. The molecule has 1 heterocycles. The number of carbonyl (C=O) groups excluding carboxylic acids is 2. The first kappa shape index (κ1) is 19.3. The van der Waals surface area contributed by atoms with Gasteiger partial charge in [0.15, 0.2) is 5.17 Å². The van der Waals surface area contributed by atoms with Crippen LogP contribution in [-0.4, -0.2) is 46.8 Å². The minimum Gasteiger partial charge on any atom is -0.494 e. The van der Waals surface area contributed by atoms with Crippen LogP contribution in [0.2, 0.25) is 0 Å². The Hall–Kier alpha value is -2.02. The number of amidine groups is 1. The predicted octanol–water partition coefficient (Wildman–Crippen LogP) is 3.14. The van der Waals surface area contributed by atoms with Crippen LogP contribution in [0.1, 0.15) is 33.6 Å². The van der Waals surface area contributed by atoms with Crippen LogP contribution < -0.4 is 10.1 Å². The van der Waals surface area contributed by atoms with Gasteiger partial charge in [-0.15, -0.1) is 0 Å². The van der Waals surface area contributed by atoms with Gasteiger partial charge in [0.1, 0.15) is 11.0 Å². The summed E-state index contributed by atoms with van der Waals surface area (Å²) in [7, 11) is 0. The number of hydrogen-bond donors (Lipinski definition) is 1. The van der Waals surface area contributed by atoms with E-state index in [0.29, 0.717) is 30.6 Å². The SMILES string of the molecule is CCCOc1ccc(NC(=O)CC2SC(=NCC)N(CC)C2=O)cc1. The number of nitrogens with one attached hydrogen (secondary N) is 1. The molecule has 0 aromatic heterocycles. The van der Waals surface area contributed by atoms with Crippen LogP contribution in [0.4, 0.5) is 5.69 Å². The quantitative estimate of drug-likeness (QED) is 0.770. The van der Waals surface area contributed by atoms with Crippen LogP contribution in [0.5, 0.6) is 5.75 Å². The number of nitrogens with zero attached hydrogens (tertiary/aromatic N) is 2. The summed E-state index contributed by atoms with van der Waals surface area (Å²) >= 11 is 1.37. The molecule has 6 nitrogen and oxygen atoms in total. The highest BCUT2D eigenvalue weighted by atomic mass is 32.2. The van der Waals surface area contributed by atoms with Gasteiger partial charge in [0, 0.05) is 25.2 Å². The highest BCUT2D eigenvalue weighted by Crippen LogP contribution is 2.29. The van der Waals surface area contributed by atoms with Crippen molar-refractivity contribution in [2.75, 3.05) is 25.0 Å². The van der Waals surface area contributed by atoms with Gasteiger partial charge in [0.2, 0.25) is 11.8 Å². The maximum absolute atomic E-state index is 12.4. The number of amides is 2. The molecule has 1 atom stereocenters. The summed E-state index contributed by atoms with van der Waals surface area (Å²) in [6, 6.07) is 7.25. The smallest absolute Gasteiger partial charge is 0.242 e. The van der Waals surface area contributed by atoms with E-state index in [1.165, 1.54) is 11.8 Å². The molecule has 1 aliphatic heterocycles. The fourth-order valence-electron chi connectivity index (χ4n) is 2.42. The summed E-state index contributed by atoms with van der Waals surface area (Å²) in [5, 5.41) is 3.14. The normalized spacial score (nSPS) is 18.7. The average Bonchev–Trinajstić information content (AvgIpc) is 2.89.